The number of rotatable bonds is 4. The molecule has 1 atom stereocenters. The van der Waals surface area contributed by atoms with E-state index in [1.165, 1.54) is 0 Å². The standard InChI is InChI=1S/C11H10BrF3O3/c12-10(11(13,14)15)5-16-4-7-1-2-8-9(3-7)18-6-17-8/h1-3,10H,4-6H2. The summed E-state index contributed by atoms with van der Waals surface area (Å²) in [5, 5.41) is 0. The first-order valence-electron chi connectivity index (χ1n) is 5.14. The van der Waals surface area contributed by atoms with Gasteiger partial charge in [-0.05, 0) is 17.7 Å². The topological polar surface area (TPSA) is 27.7 Å². The Labute approximate surface area is 110 Å². The van der Waals surface area contributed by atoms with Gasteiger partial charge in [-0.1, -0.05) is 22.0 Å². The Morgan fingerprint density at radius 2 is 2.00 bits per heavy atom. The highest BCUT2D eigenvalue weighted by Crippen LogP contribution is 2.33. The second-order valence-electron chi connectivity index (χ2n) is 3.71. The average Bonchev–Trinajstić information content (AvgIpc) is 2.74. The Balaban J connectivity index is 1.84. The molecule has 0 bridgehead atoms. The van der Waals surface area contributed by atoms with E-state index >= 15 is 0 Å². The number of fused-ring (bicyclic) bond motifs is 1. The minimum atomic E-state index is -4.30. The summed E-state index contributed by atoms with van der Waals surface area (Å²) in [6.45, 7) is -0.177. The zero-order valence-electron chi connectivity index (χ0n) is 9.17. The molecule has 0 saturated heterocycles. The van der Waals surface area contributed by atoms with Gasteiger partial charge in [-0.15, -0.1) is 0 Å². The summed E-state index contributed by atoms with van der Waals surface area (Å²) in [4.78, 5) is -1.65. The molecule has 1 aromatic carbocycles. The van der Waals surface area contributed by atoms with Crippen molar-refractivity contribution in [2.24, 2.45) is 0 Å². The number of benzene rings is 1. The minimum absolute atomic E-state index is 0.0921. The van der Waals surface area contributed by atoms with Crippen molar-refractivity contribution in [1.29, 1.82) is 0 Å². The Morgan fingerprint density at radius 3 is 2.72 bits per heavy atom. The number of hydrogen-bond donors (Lipinski definition) is 0. The highest BCUT2D eigenvalue weighted by molar-refractivity contribution is 9.09. The van der Waals surface area contributed by atoms with Gasteiger partial charge in [0.2, 0.25) is 6.79 Å². The lowest BCUT2D eigenvalue weighted by molar-refractivity contribution is -0.138. The van der Waals surface area contributed by atoms with E-state index in [1.54, 1.807) is 18.2 Å². The van der Waals surface area contributed by atoms with Gasteiger partial charge in [0.25, 0.3) is 0 Å². The van der Waals surface area contributed by atoms with Crippen LogP contribution in [0, 0.1) is 0 Å². The molecule has 3 nitrogen and oxygen atoms in total. The summed E-state index contributed by atoms with van der Waals surface area (Å²) >= 11 is 2.53. The lowest BCUT2D eigenvalue weighted by Gasteiger charge is -2.14. The van der Waals surface area contributed by atoms with Gasteiger partial charge < -0.3 is 14.2 Å². The Hall–Kier alpha value is -0.950. The van der Waals surface area contributed by atoms with E-state index in [0.29, 0.717) is 11.5 Å². The van der Waals surface area contributed by atoms with Crippen molar-refractivity contribution in [2.75, 3.05) is 13.4 Å². The molecule has 0 N–H and O–H groups in total. The summed E-state index contributed by atoms with van der Waals surface area (Å²) in [6.07, 6.45) is -4.30. The Bertz CT molecular complexity index is 422. The van der Waals surface area contributed by atoms with E-state index in [2.05, 4.69) is 15.9 Å². The van der Waals surface area contributed by atoms with Crippen LogP contribution in [0.1, 0.15) is 5.56 Å². The van der Waals surface area contributed by atoms with E-state index in [1.807, 2.05) is 0 Å². The molecule has 0 aliphatic carbocycles. The minimum Gasteiger partial charge on any atom is -0.454 e. The second kappa shape index (κ2) is 5.36. The van der Waals surface area contributed by atoms with Crippen LogP contribution in [0.25, 0.3) is 0 Å². The van der Waals surface area contributed by atoms with E-state index in [9.17, 15) is 13.2 Å². The van der Waals surface area contributed by atoms with Crippen molar-refractivity contribution < 1.29 is 27.4 Å². The maximum atomic E-state index is 12.2. The van der Waals surface area contributed by atoms with Crippen LogP contribution in [0.2, 0.25) is 0 Å². The molecule has 1 aromatic rings. The van der Waals surface area contributed by atoms with Crippen molar-refractivity contribution in [2.45, 2.75) is 17.6 Å². The van der Waals surface area contributed by atoms with Crippen LogP contribution in [0.4, 0.5) is 13.2 Å². The normalized spacial score (nSPS) is 15.8. The molecular formula is C11H10BrF3O3. The van der Waals surface area contributed by atoms with Gasteiger partial charge >= 0.3 is 6.18 Å². The van der Waals surface area contributed by atoms with E-state index < -0.39 is 17.6 Å². The molecule has 0 amide bonds. The van der Waals surface area contributed by atoms with Gasteiger partial charge in [0, 0.05) is 0 Å². The monoisotopic (exact) mass is 326 g/mol. The molecule has 0 radical (unpaired) electrons. The van der Waals surface area contributed by atoms with Crippen LogP contribution < -0.4 is 9.47 Å². The smallest absolute Gasteiger partial charge is 0.403 e. The van der Waals surface area contributed by atoms with Gasteiger partial charge in [0.1, 0.15) is 4.83 Å². The Morgan fingerprint density at radius 1 is 1.28 bits per heavy atom. The van der Waals surface area contributed by atoms with Gasteiger partial charge in [-0.25, -0.2) is 0 Å². The third kappa shape index (κ3) is 3.29. The third-order valence-electron chi connectivity index (χ3n) is 2.33. The molecule has 7 heteroatoms. The highest BCUT2D eigenvalue weighted by atomic mass is 79.9. The summed E-state index contributed by atoms with van der Waals surface area (Å²) in [5.41, 5.74) is 0.737. The first-order valence-corrected chi connectivity index (χ1v) is 6.05. The van der Waals surface area contributed by atoms with Gasteiger partial charge in [0.05, 0.1) is 13.2 Å². The lowest BCUT2D eigenvalue weighted by atomic mass is 10.2. The lowest BCUT2D eigenvalue weighted by Crippen LogP contribution is -2.27. The predicted octanol–water partition coefficient (Wildman–Crippen LogP) is 3.26. The van der Waals surface area contributed by atoms with Crippen LogP contribution in [-0.2, 0) is 11.3 Å². The molecule has 0 saturated carbocycles. The van der Waals surface area contributed by atoms with Crippen molar-refractivity contribution in [3.63, 3.8) is 0 Å². The molecule has 1 unspecified atom stereocenters. The number of alkyl halides is 4. The molecule has 0 spiro atoms. The van der Waals surface area contributed by atoms with Gasteiger partial charge in [-0.3, -0.25) is 0 Å². The molecule has 18 heavy (non-hydrogen) atoms. The van der Waals surface area contributed by atoms with Crippen LogP contribution in [0.5, 0.6) is 11.5 Å². The number of halogens is 4. The van der Waals surface area contributed by atoms with E-state index in [0.717, 1.165) is 5.56 Å². The molecular weight excluding hydrogens is 317 g/mol. The number of ether oxygens (including phenoxy) is 3. The molecule has 1 aliphatic rings. The largest absolute Gasteiger partial charge is 0.454 e. The van der Waals surface area contributed by atoms with E-state index in [-0.39, 0.29) is 13.4 Å². The fourth-order valence-corrected chi connectivity index (χ4v) is 1.59. The van der Waals surface area contributed by atoms with Crippen LogP contribution in [-0.4, -0.2) is 24.4 Å². The second-order valence-corrected chi connectivity index (χ2v) is 4.82. The van der Waals surface area contributed by atoms with Crippen molar-refractivity contribution >= 4 is 15.9 Å². The molecule has 0 fully saturated rings. The molecule has 0 aromatic heterocycles. The fraction of sp³-hybridized carbons (Fsp3) is 0.455. The van der Waals surface area contributed by atoms with E-state index in [4.69, 9.17) is 14.2 Å². The van der Waals surface area contributed by atoms with Crippen LogP contribution >= 0.6 is 15.9 Å². The van der Waals surface area contributed by atoms with Crippen molar-refractivity contribution in [3.05, 3.63) is 23.8 Å². The fourth-order valence-electron chi connectivity index (χ4n) is 1.41. The molecule has 2 rings (SSSR count). The zero-order chi connectivity index (χ0) is 13.2. The first-order chi connectivity index (χ1) is 8.47. The summed E-state index contributed by atoms with van der Waals surface area (Å²) in [5.74, 6) is 1.22. The highest BCUT2D eigenvalue weighted by Gasteiger charge is 2.37. The quantitative estimate of drug-likeness (QED) is 0.795. The summed E-state index contributed by atoms with van der Waals surface area (Å²) < 4.78 is 51.9. The molecule has 1 heterocycles. The summed E-state index contributed by atoms with van der Waals surface area (Å²) in [6, 6.07) is 5.12. The van der Waals surface area contributed by atoms with Crippen molar-refractivity contribution in [1.82, 2.24) is 0 Å². The van der Waals surface area contributed by atoms with Gasteiger partial charge in [-0.2, -0.15) is 13.2 Å². The Kier molecular flexibility index (Phi) is 4.01. The van der Waals surface area contributed by atoms with Crippen molar-refractivity contribution in [3.8, 4) is 11.5 Å². The maximum Gasteiger partial charge on any atom is 0.403 e. The predicted molar refractivity (Wildman–Crippen MR) is 61.0 cm³/mol. The zero-order valence-corrected chi connectivity index (χ0v) is 10.8. The third-order valence-corrected chi connectivity index (χ3v) is 3.11. The first kappa shape index (κ1) is 13.5. The molecule has 1 aliphatic heterocycles. The number of hydrogen-bond acceptors (Lipinski definition) is 3. The summed E-state index contributed by atoms with van der Waals surface area (Å²) in [7, 11) is 0. The molecule has 100 valence electrons. The van der Waals surface area contributed by atoms with Crippen LogP contribution in [0.15, 0.2) is 18.2 Å². The average molecular weight is 327 g/mol. The van der Waals surface area contributed by atoms with Gasteiger partial charge in [0.15, 0.2) is 11.5 Å². The SMILES string of the molecule is FC(F)(F)C(Br)COCc1ccc2c(c1)OCO2. The van der Waals surface area contributed by atoms with Crippen LogP contribution in [0.3, 0.4) is 0 Å². The maximum absolute atomic E-state index is 12.2.